The molecule has 106 valence electrons. The molecule has 2 aromatic rings. The first-order chi connectivity index (χ1) is 9.72. The molecule has 0 radical (unpaired) electrons. The molecule has 1 aromatic heterocycles. The Morgan fingerprint density at radius 3 is 2.70 bits per heavy atom. The number of aromatic nitrogens is 1. The number of aryl methyl sites for hydroxylation is 2. The highest BCUT2D eigenvalue weighted by Gasteiger charge is 2.21. The smallest absolute Gasteiger partial charge is 0.161 e. The largest absolute Gasteiger partial charge is 0.493 e. The summed E-state index contributed by atoms with van der Waals surface area (Å²) in [7, 11) is 3.26. The molecule has 4 nitrogen and oxygen atoms in total. The van der Waals surface area contributed by atoms with Crippen LogP contribution in [0.3, 0.4) is 0 Å². The molecule has 0 bridgehead atoms. The van der Waals surface area contributed by atoms with E-state index in [0.717, 1.165) is 23.4 Å². The van der Waals surface area contributed by atoms with Crippen LogP contribution < -0.4 is 15.2 Å². The van der Waals surface area contributed by atoms with Gasteiger partial charge in [-0.2, -0.15) is 0 Å². The fraction of sp³-hybridized carbons (Fsp3) is 0.400. The molecule has 0 fully saturated rings. The van der Waals surface area contributed by atoms with Crippen LogP contribution in [0.4, 0.5) is 0 Å². The first-order valence-corrected chi connectivity index (χ1v) is 7.50. The number of methoxy groups -OCH3 is 2. The molecule has 1 aliphatic rings. The summed E-state index contributed by atoms with van der Waals surface area (Å²) in [5.41, 5.74) is 8.58. The third-order valence-electron chi connectivity index (χ3n) is 3.64. The second kappa shape index (κ2) is 5.42. The van der Waals surface area contributed by atoms with Crippen molar-refractivity contribution < 1.29 is 9.47 Å². The van der Waals surface area contributed by atoms with Crippen molar-refractivity contribution in [1.82, 2.24) is 4.98 Å². The molecule has 1 aromatic carbocycles. The van der Waals surface area contributed by atoms with Gasteiger partial charge >= 0.3 is 0 Å². The zero-order valence-corrected chi connectivity index (χ0v) is 12.5. The second-order valence-electron chi connectivity index (χ2n) is 4.87. The maximum absolute atomic E-state index is 6.34. The summed E-state index contributed by atoms with van der Waals surface area (Å²) in [6, 6.07) is 5.58. The van der Waals surface area contributed by atoms with E-state index in [1.165, 1.54) is 17.0 Å². The molecular weight excluding hydrogens is 272 g/mol. The van der Waals surface area contributed by atoms with Crippen LogP contribution in [0.25, 0.3) is 0 Å². The molecule has 1 heterocycles. The maximum atomic E-state index is 6.34. The number of hydrogen-bond donors (Lipinski definition) is 1. The molecule has 0 aliphatic heterocycles. The lowest BCUT2D eigenvalue weighted by molar-refractivity contribution is 0.354. The summed E-state index contributed by atoms with van der Waals surface area (Å²) >= 11 is 1.74. The highest BCUT2D eigenvalue weighted by Crippen LogP contribution is 2.35. The van der Waals surface area contributed by atoms with Crippen molar-refractivity contribution in [3.8, 4) is 11.5 Å². The Morgan fingerprint density at radius 1 is 1.20 bits per heavy atom. The van der Waals surface area contributed by atoms with Crippen LogP contribution in [0, 0.1) is 0 Å². The van der Waals surface area contributed by atoms with Gasteiger partial charge in [0.15, 0.2) is 11.5 Å². The predicted octanol–water partition coefficient (Wildman–Crippen LogP) is 2.70. The second-order valence-corrected chi connectivity index (χ2v) is 5.98. The van der Waals surface area contributed by atoms with Crippen molar-refractivity contribution in [2.45, 2.75) is 25.3 Å². The Balaban J connectivity index is 1.91. The zero-order valence-electron chi connectivity index (χ0n) is 11.7. The van der Waals surface area contributed by atoms with E-state index in [-0.39, 0.29) is 6.04 Å². The molecule has 0 amide bonds. The van der Waals surface area contributed by atoms with Crippen LogP contribution in [-0.2, 0) is 12.8 Å². The molecule has 1 aliphatic carbocycles. The van der Waals surface area contributed by atoms with E-state index in [2.05, 4.69) is 4.98 Å². The molecule has 0 spiro atoms. The molecule has 20 heavy (non-hydrogen) atoms. The quantitative estimate of drug-likeness (QED) is 0.940. The third kappa shape index (κ3) is 2.27. The van der Waals surface area contributed by atoms with Crippen molar-refractivity contribution in [2.75, 3.05) is 14.2 Å². The molecule has 2 N–H and O–H groups in total. The van der Waals surface area contributed by atoms with E-state index in [9.17, 15) is 0 Å². The first-order valence-electron chi connectivity index (χ1n) is 6.69. The van der Waals surface area contributed by atoms with Gasteiger partial charge in [-0.05, 0) is 37.0 Å². The SMILES string of the molecule is COc1ccc(C(N)c2nc3c(s2)CCC3)cc1OC. The average molecular weight is 290 g/mol. The minimum absolute atomic E-state index is 0.203. The first kappa shape index (κ1) is 13.4. The average Bonchev–Trinajstić information content (AvgIpc) is 3.06. The summed E-state index contributed by atoms with van der Waals surface area (Å²) in [6.07, 6.45) is 3.45. The van der Waals surface area contributed by atoms with Gasteiger partial charge in [-0.25, -0.2) is 4.98 Å². The van der Waals surface area contributed by atoms with E-state index in [0.29, 0.717) is 11.5 Å². The number of nitrogens with zero attached hydrogens (tertiary/aromatic N) is 1. The van der Waals surface area contributed by atoms with Crippen LogP contribution >= 0.6 is 11.3 Å². The molecule has 3 rings (SSSR count). The lowest BCUT2D eigenvalue weighted by Crippen LogP contribution is -2.12. The van der Waals surface area contributed by atoms with Crippen molar-refractivity contribution in [3.63, 3.8) is 0 Å². The summed E-state index contributed by atoms with van der Waals surface area (Å²) in [4.78, 5) is 6.09. The minimum atomic E-state index is -0.203. The van der Waals surface area contributed by atoms with Gasteiger partial charge in [-0.1, -0.05) is 6.07 Å². The van der Waals surface area contributed by atoms with Crippen LogP contribution in [0.15, 0.2) is 18.2 Å². The molecule has 1 atom stereocenters. The van der Waals surface area contributed by atoms with E-state index >= 15 is 0 Å². The van der Waals surface area contributed by atoms with Gasteiger partial charge in [0.2, 0.25) is 0 Å². The van der Waals surface area contributed by atoms with Gasteiger partial charge in [0.05, 0.1) is 26.0 Å². The van der Waals surface area contributed by atoms with Gasteiger partial charge in [-0.15, -0.1) is 11.3 Å². The number of benzene rings is 1. The predicted molar refractivity (Wildman–Crippen MR) is 79.7 cm³/mol. The van der Waals surface area contributed by atoms with Gasteiger partial charge in [-0.3, -0.25) is 0 Å². The number of rotatable bonds is 4. The lowest BCUT2D eigenvalue weighted by Gasteiger charge is -2.13. The van der Waals surface area contributed by atoms with E-state index in [1.54, 1.807) is 25.6 Å². The monoisotopic (exact) mass is 290 g/mol. The number of nitrogens with two attached hydrogens (primary N) is 1. The van der Waals surface area contributed by atoms with Gasteiger partial charge in [0, 0.05) is 4.88 Å². The van der Waals surface area contributed by atoms with E-state index < -0.39 is 0 Å². The minimum Gasteiger partial charge on any atom is -0.493 e. The van der Waals surface area contributed by atoms with Crippen molar-refractivity contribution in [1.29, 1.82) is 0 Å². The van der Waals surface area contributed by atoms with Crippen LogP contribution in [0.2, 0.25) is 0 Å². The maximum Gasteiger partial charge on any atom is 0.161 e. The van der Waals surface area contributed by atoms with E-state index in [4.69, 9.17) is 15.2 Å². The highest BCUT2D eigenvalue weighted by atomic mass is 32.1. The Morgan fingerprint density at radius 2 is 2.00 bits per heavy atom. The molecule has 5 heteroatoms. The van der Waals surface area contributed by atoms with Crippen LogP contribution in [-0.4, -0.2) is 19.2 Å². The fourth-order valence-corrected chi connectivity index (χ4v) is 3.72. The third-order valence-corrected chi connectivity index (χ3v) is 4.89. The number of thiazole rings is 1. The Labute approximate surface area is 122 Å². The van der Waals surface area contributed by atoms with E-state index in [1.807, 2.05) is 18.2 Å². The van der Waals surface area contributed by atoms with Crippen LogP contribution in [0.5, 0.6) is 11.5 Å². The topological polar surface area (TPSA) is 57.4 Å². The van der Waals surface area contributed by atoms with Gasteiger partial charge in [0.1, 0.15) is 5.01 Å². The molecule has 1 unspecified atom stereocenters. The van der Waals surface area contributed by atoms with Gasteiger partial charge in [0.25, 0.3) is 0 Å². The highest BCUT2D eigenvalue weighted by molar-refractivity contribution is 7.11. The van der Waals surface area contributed by atoms with Crippen molar-refractivity contribution >= 4 is 11.3 Å². The fourth-order valence-electron chi connectivity index (χ4n) is 2.53. The number of ether oxygens (including phenoxy) is 2. The summed E-state index contributed by atoms with van der Waals surface area (Å²) in [6.45, 7) is 0. The molecule has 0 saturated heterocycles. The summed E-state index contributed by atoms with van der Waals surface area (Å²) < 4.78 is 10.6. The Hall–Kier alpha value is -1.59. The van der Waals surface area contributed by atoms with Crippen molar-refractivity contribution in [3.05, 3.63) is 39.3 Å². The standard InChI is InChI=1S/C15H18N2O2S/c1-18-11-7-6-9(8-12(11)19-2)14(16)15-17-10-4-3-5-13(10)20-15/h6-8,14H,3-5,16H2,1-2H3. The normalized spacial score (nSPS) is 14.9. The Kier molecular flexibility index (Phi) is 3.63. The summed E-state index contributed by atoms with van der Waals surface area (Å²) in [5.74, 6) is 1.41. The Bertz CT molecular complexity index is 603. The number of hydrogen-bond acceptors (Lipinski definition) is 5. The molecular formula is C15H18N2O2S. The lowest BCUT2D eigenvalue weighted by atomic mass is 10.1. The molecule has 0 saturated carbocycles. The van der Waals surface area contributed by atoms with Crippen LogP contribution in [0.1, 0.15) is 33.6 Å². The summed E-state index contributed by atoms with van der Waals surface area (Å²) in [5, 5.41) is 0.988. The zero-order chi connectivity index (χ0) is 14.1. The van der Waals surface area contributed by atoms with Crippen molar-refractivity contribution in [2.24, 2.45) is 5.73 Å². The number of fused-ring (bicyclic) bond motifs is 1. The van der Waals surface area contributed by atoms with Gasteiger partial charge < -0.3 is 15.2 Å².